The van der Waals surface area contributed by atoms with Crippen LogP contribution in [0.1, 0.15) is 18.1 Å². The van der Waals surface area contributed by atoms with E-state index in [0.29, 0.717) is 17.1 Å². The zero-order valence-corrected chi connectivity index (χ0v) is 10.1. The van der Waals surface area contributed by atoms with Crippen LogP contribution in [0, 0.1) is 0 Å². The molecule has 5 nitrogen and oxygen atoms in total. The fourth-order valence-corrected chi connectivity index (χ4v) is 1.42. The Bertz CT molecular complexity index is 388. The Labute approximate surface area is 99.9 Å². The largest absolute Gasteiger partial charge is 0.493 e. The van der Waals surface area contributed by atoms with Gasteiger partial charge in [-0.1, -0.05) is 6.07 Å². The topological polar surface area (TPSA) is 65.0 Å². The van der Waals surface area contributed by atoms with Crippen LogP contribution in [0.15, 0.2) is 18.2 Å². The maximum absolute atomic E-state index is 11.0. The number of hydrogen-bond donors (Lipinski definition) is 1. The molecule has 1 rings (SSSR count). The predicted molar refractivity (Wildman–Crippen MR) is 61.1 cm³/mol. The van der Waals surface area contributed by atoms with Crippen molar-refractivity contribution < 1.29 is 24.1 Å². The highest BCUT2D eigenvalue weighted by Gasteiger charge is 2.15. The molecular weight excluding hydrogens is 224 g/mol. The molecule has 0 aliphatic rings. The zero-order chi connectivity index (χ0) is 12.8. The third-order valence-electron chi connectivity index (χ3n) is 2.38. The Morgan fingerprint density at radius 1 is 1.24 bits per heavy atom. The van der Waals surface area contributed by atoms with E-state index in [2.05, 4.69) is 4.74 Å². The predicted octanol–water partition coefficient (Wildman–Crippen LogP) is 1.30. The summed E-state index contributed by atoms with van der Waals surface area (Å²) >= 11 is 0. The van der Waals surface area contributed by atoms with Gasteiger partial charge in [0.25, 0.3) is 0 Å². The minimum Gasteiger partial charge on any atom is -0.493 e. The maximum Gasteiger partial charge on any atom is 0.308 e. The van der Waals surface area contributed by atoms with Gasteiger partial charge in [-0.3, -0.25) is 4.79 Å². The van der Waals surface area contributed by atoms with Crippen LogP contribution in [0.4, 0.5) is 0 Å². The lowest BCUT2D eigenvalue weighted by atomic mass is 10.1. The summed E-state index contributed by atoms with van der Waals surface area (Å²) in [5.41, 5.74) is 0.577. The lowest BCUT2D eigenvalue weighted by molar-refractivity contribution is -0.142. The van der Waals surface area contributed by atoms with Gasteiger partial charge in [0.1, 0.15) is 0 Å². The van der Waals surface area contributed by atoms with Gasteiger partial charge in [0.2, 0.25) is 0 Å². The highest BCUT2D eigenvalue weighted by atomic mass is 16.5. The molecule has 1 aromatic rings. The molecule has 0 radical (unpaired) electrons. The Kier molecular flexibility index (Phi) is 4.78. The molecule has 1 atom stereocenters. The van der Waals surface area contributed by atoms with E-state index in [9.17, 15) is 9.90 Å². The minimum atomic E-state index is -0.915. The fraction of sp³-hybridized carbons (Fsp3) is 0.417. The average molecular weight is 240 g/mol. The summed E-state index contributed by atoms with van der Waals surface area (Å²) in [4.78, 5) is 11.0. The maximum atomic E-state index is 11.0. The lowest BCUT2D eigenvalue weighted by Crippen LogP contribution is -2.08. The van der Waals surface area contributed by atoms with Gasteiger partial charge in [-0.15, -0.1) is 0 Å². The summed E-state index contributed by atoms with van der Waals surface area (Å²) in [6.45, 7) is 0. The van der Waals surface area contributed by atoms with Gasteiger partial charge in [-0.05, 0) is 17.7 Å². The highest BCUT2D eigenvalue weighted by molar-refractivity contribution is 5.70. The number of benzene rings is 1. The van der Waals surface area contributed by atoms with Crippen molar-refractivity contribution in [2.75, 3.05) is 21.3 Å². The zero-order valence-electron chi connectivity index (χ0n) is 10.1. The van der Waals surface area contributed by atoms with Crippen LogP contribution in [0.2, 0.25) is 0 Å². The molecule has 94 valence electrons. The molecule has 0 bridgehead atoms. The van der Waals surface area contributed by atoms with Crippen LogP contribution in [0.3, 0.4) is 0 Å². The molecular formula is C12H16O5. The van der Waals surface area contributed by atoms with Gasteiger partial charge in [0.05, 0.1) is 33.9 Å². The molecule has 17 heavy (non-hydrogen) atoms. The van der Waals surface area contributed by atoms with Crippen LogP contribution in [-0.2, 0) is 9.53 Å². The molecule has 1 aromatic carbocycles. The van der Waals surface area contributed by atoms with E-state index in [1.807, 2.05) is 0 Å². The lowest BCUT2D eigenvalue weighted by Gasteiger charge is -2.13. The third kappa shape index (κ3) is 3.35. The van der Waals surface area contributed by atoms with E-state index in [1.165, 1.54) is 21.3 Å². The number of carbonyl (C=O) groups is 1. The normalized spacial score (nSPS) is 11.8. The summed E-state index contributed by atoms with van der Waals surface area (Å²) in [6, 6.07) is 4.98. The van der Waals surface area contributed by atoms with Crippen LogP contribution in [-0.4, -0.2) is 32.4 Å². The quantitative estimate of drug-likeness (QED) is 0.786. The number of aliphatic hydroxyl groups is 1. The summed E-state index contributed by atoms with van der Waals surface area (Å²) in [5.74, 6) is 0.614. The summed E-state index contributed by atoms with van der Waals surface area (Å²) in [7, 11) is 4.32. The highest BCUT2D eigenvalue weighted by Crippen LogP contribution is 2.30. The second-order valence-electron chi connectivity index (χ2n) is 3.41. The molecule has 5 heteroatoms. The third-order valence-corrected chi connectivity index (χ3v) is 2.38. The van der Waals surface area contributed by atoms with Crippen molar-refractivity contribution in [3.05, 3.63) is 23.8 Å². The summed E-state index contributed by atoms with van der Waals surface area (Å²) in [6.07, 6.45) is -1.01. The van der Waals surface area contributed by atoms with Gasteiger partial charge in [-0.25, -0.2) is 0 Å². The molecule has 0 saturated carbocycles. The Balaban J connectivity index is 2.87. The molecule has 0 fully saturated rings. The van der Waals surface area contributed by atoms with Gasteiger partial charge in [0, 0.05) is 0 Å². The van der Waals surface area contributed by atoms with Crippen molar-refractivity contribution in [1.82, 2.24) is 0 Å². The van der Waals surface area contributed by atoms with E-state index in [0.717, 1.165) is 0 Å². The SMILES string of the molecule is COC(=O)C[C@@H](O)c1ccc(OC)c(OC)c1. The molecule has 0 aliphatic heterocycles. The molecule has 0 aliphatic carbocycles. The fourth-order valence-electron chi connectivity index (χ4n) is 1.42. The van der Waals surface area contributed by atoms with Crippen LogP contribution < -0.4 is 9.47 Å². The summed E-state index contributed by atoms with van der Waals surface area (Å²) in [5, 5.41) is 9.81. The average Bonchev–Trinajstić information content (AvgIpc) is 2.37. The first-order chi connectivity index (χ1) is 8.12. The molecule has 0 saturated heterocycles. The van der Waals surface area contributed by atoms with Crippen molar-refractivity contribution >= 4 is 5.97 Å². The van der Waals surface area contributed by atoms with Gasteiger partial charge in [-0.2, -0.15) is 0 Å². The number of ether oxygens (including phenoxy) is 3. The number of hydrogen-bond acceptors (Lipinski definition) is 5. The standard InChI is InChI=1S/C12H16O5/c1-15-10-5-4-8(6-11(10)16-2)9(13)7-12(14)17-3/h4-6,9,13H,7H2,1-3H3/t9-/m1/s1. The molecule has 0 aromatic heterocycles. The summed E-state index contributed by atoms with van der Waals surface area (Å²) < 4.78 is 14.7. The molecule has 0 unspecified atom stereocenters. The van der Waals surface area contributed by atoms with Gasteiger partial charge < -0.3 is 19.3 Å². The number of rotatable bonds is 5. The first kappa shape index (κ1) is 13.3. The number of methoxy groups -OCH3 is 3. The minimum absolute atomic E-state index is 0.0913. The van der Waals surface area contributed by atoms with Crippen molar-refractivity contribution in [3.63, 3.8) is 0 Å². The number of aliphatic hydroxyl groups excluding tert-OH is 1. The molecule has 0 heterocycles. The Hall–Kier alpha value is -1.75. The second kappa shape index (κ2) is 6.10. The first-order valence-electron chi connectivity index (χ1n) is 5.09. The number of esters is 1. The van der Waals surface area contributed by atoms with E-state index in [-0.39, 0.29) is 6.42 Å². The van der Waals surface area contributed by atoms with Gasteiger partial charge >= 0.3 is 5.97 Å². The Morgan fingerprint density at radius 2 is 1.88 bits per heavy atom. The van der Waals surface area contributed by atoms with Crippen molar-refractivity contribution in [2.45, 2.75) is 12.5 Å². The van der Waals surface area contributed by atoms with Crippen molar-refractivity contribution in [3.8, 4) is 11.5 Å². The second-order valence-corrected chi connectivity index (χ2v) is 3.41. The first-order valence-corrected chi connectivity index (χ1v) is 5.09. The monoisotopic (exact) mass is 240 g/mol. The molecule has 0 amide bonds. The van der Waals surface area contributed by atoms with Crippen LogP contribution in [0.25, 0.3) is 0 Å². The Morgan fingerprint density at radius 3 is 2.41 bits per heavy atom. The van der Waals surface area contributed by atoms with Crippen LogP contribution >= 0.6 is 0 Å². The van der Waals surface area contributed by atoms with Crippen molar-refractivity contribution in [1.29, 1.82) is 0 Å². The smallest absolute Gasteiger partial charge is 0.308 e. The van der Waals surface area contributed by atoms with E-state index >= 15 is 0 Å². The molecule has 0 spiro atoms. The number of carbonyl (C=O) groups excluding carboxylic acids is 1. The van der Waals surface area contributed by atoms with Gasteiger partial charge in [0.15, 0.2) is 11.5 Å². The van der Waals surface area contributed by atoms with E-state index < -0.39 is 12.1 Å². The van der Waals surface area contributed by atoms with E-state index in [1.54, 1.807) is 18.2 Å². The molecule has 1 N–H and O–H groups in total. The van der Waals surface area contributed by atoms with Crippen molar-refractivity contribution in [2.24, 2.45) is 0 Å². The van der Waals surface area contributed by atoms with Crippen LogP contribution in [0.5, 0.6) is 11.5 Å². The van der Waals surface area contributed by atoms with E-state index in [4.69, 9.17) is 9.47 Å².